The van der Waals surface area contributed by atoms with E-state index >= 15 is 0 Å². The predicted octanol–water partition coefficient (Wildman–Crippen LogP) is 2.74. The van der Waals surface area contributed by atoms with Gasteiger partial charge in [-0.2, -0.15) is 8.42 Å². The summed E-state index contributed by atoms with van der Waals surface area (Å²) in [6.07, 6.45) is 44.7. The van der Waals surface area contributed by atoms with Gasteiger partial charge < -0.3 is 39.2 Å². The molecule has 0 aromatic carbocycles. The van der Waals surface area contributed by atoms with Crippen LogP contribution in [0.1, 0.15) is 226 Å². The van der Waals surface area contributed by atoms with Crippen molar-refractivity contribution in [3.63, 3.8) is 0 Å². The van der Waals surface area contributed by atoms with Crippen molar-refractivity contribution < 1.29 is 116 Å². The number of carbonyl (C=O) groups is 2. The van der Waals surface area contributed by atoms with Gasteiger partial charge in [-0.25, -0.2) is 4.57 Å². The van der Waals surface area contributed by atoms with Gasteiger partial charge in [0, 0.05) is 25.6 Å². The maximum absolute atomic E-state index is 10.2. The van der Waals surface area contributed by atoms with Crippen molar-refractivity contribution in [1.29, 1.82) is 0 Å². The molecule has 0 aliphatic heterocycles. The molecule has 0 aliphatic rings. The van der Waals surface area contributed by atoms with Crippen molar-refractivity contribution in [2.75, 3.05) is 13.2 Å². The Morgan fingerprint density at radius 2 is 0.696 bits per heavy atom. The van der Waals surface area contributed by atoms with Crippen molar-refractivity contribution in [2.45, 2.75) is 231 Å². The van der Waals surface area contributed by atoms with Crippen LogP contribution in [0.4, 0.5) is 0 Å². The summed E-state index contributed by atoms with van der Waals surface area (Å²) < 4.78 is 43.2. The summed E-state index contributed by atoms with van der Waals surface area (Å²) in [6, 6.07) is 0. The summed E-state index contributed by atoms with van der Waals surface area (Å²) in [7, 11) is -9.58. The number of hydrogen-bond donors (Lipinski definition) is 4. The molecule has 326 valence electrons. The van der Waals surface area contributed by atoms with Crippen molar-refractivity contribution in [1.82, 2.24) is 0 Å². The van der Waals surface area contributed by atoms with Gasteiger partial charge in [0.1, 0.15) is 5.25 Å². The number of carboxylic acid groups (broad SMARTS) is 2. The van der Waals surface area contributed by atoms with Crippen LogP contribution in [-0.2, 0) is 29.0 Å². The Bertz CT molecular complexity index is 929. The molecular formula is C40H81Na2O12PS. The van der Waals surface area contributed by atoms with Crippen molar-refractivity contribution >= 4 is 29.9 Å². The third-order valence-electron chi connectivity index (χ3n) is 9.26. The van der Waals surface area contributed by atoms with Gasteiger partial charge in [0.05, 0.1) is 5.97 Å². The Balaban J connectivity index is -0.000000378. The SMILES string of the molecule is CCCCCCCCCCCCCCCCCCOCCCCCCCCCCCCCCCCCC.O=C([O-])CC(C(=O)[O-])S(=O)(=O)O.O=P(O)(O)O.[Na+].[Na+]. The molecule has 0 aromatic rings. The molecule has 56 heavy (non-hydrogen) atoms. The van der Waals surface area contributed by atoms with Gasteiger partial charge in [0.2, 0.25) is 0 Å². The van der Waals surface area contributed by atoms with Crippen molar-refractivity contribution in [3.8, 4) is 0 Å². The smallest absolute Gasteiger partial charge is 0.550 e. The monoisotopic (exact) mass is 862 g/mol. The van der Waals surface area contributed by atoms with Crippen LogP contribution >= 0.6 is 7.82 Å². The fourth-order valence-electron chi connectivity index (χ4n) is 6.07. The van der Waals surface area contributed by atoms with E-state index in [1.54, 1.807) is 0 Å². The van der Waals surface area contributed by atoms with Crippen LogP contribution in [0.5, 0.6) is 0 Å². The van der Waals surface area contributed by atoms with Gasteiger partial charge in [-0.05, 0) is 12.8 Å². The second-order valence-electron chi connectivity index (χ2n) is 14.6. The number of carboxylic acids is 2. The minimum absolute atomic E-state index is 0. The quantitative estimate of drug-likeness (QED) is 0.0305. The van der Waals surface area contributed by atoms with Crippen molar-refractivity contribution in [3.05, 3.63) is 0 Å². The fourth-order valence-corrected chi connectivity index (χ4v) is 6.66. The molecule has 1 atom stereocenters. The summed E-state index contributed by atoms with van der Waals surface area (Å²) >= 11 is 0. The average molecular weight is 863 g/mol. The molecule has 1 unspecified atom stereocenters. The zero-order chi connectivity index (χ0) is 41.2. The normalized spacial score (nSPS) is 11.6. The second-order valence-corrected chi connectivity index (χ2v) is 17.3. The van der Waals surface area contributed by atoms with Gasteiger partial charge in [-0.15, -0.1) is 0 Å². The number of hydrogen-bond acceptors (Lipinski definition) is 8. The van der Waals surface area contributed by atoms with Crippen LogP contribution in [0.15, 0.2) is 0 Å². The number of phosphoric acid groups is 1. The topological polar surface area (TPSA) is 222 Å². The van der Waals surface area contributed by atoms with Crippen molar-refractivity contribution in [2.24, 2.45) is 0 Å². The number of rotatable bonds is 38. The maximum atomic E-state index is 10.2. The minimum atomic E-state index is -4.94. The molecule has 0 aromatic heterocycles. The first kappa shape index (κ1) is 66.0. The van der Waals surface area contributed by atoms with Gasteiger partial charge >= 0.3 is 66.9 Å². The van der Waals surface area contributed by atoms with Crippen LogP contribution in [0.3, 0.4) is 0 Å². The summed E-state index contributed by atoms with van der Waals surface area (Å²) in [5.41, 5.74) is 0. The molecule has 0 heterocycles. The van der Waals surface area contributed by atoms with E-state index in [0.717, 1.165) is 13.2 Å². The van der Waals surface area contributed by atoms with Gasteiger partial charge in [-0.1, -0.05) is 206 Å². The van der Waals surface area contributed by atoms with Gasteiger partial charge in [-0.3, -0.25) is 4.55 Å². The first-order chi connectivity index (χ1) is 25.7. The standard InChI is InChI=1S/C36H74O.C4H6O7S.2Na.H3O4P/c1-3-5-7-9-11-13-15-17-19-21-23-25-27-29-31-33-35-37-36-34-32-30-28-26-24-22-20-18-16-14-12-10-8-6-4-2;5-3(6)1-2(4(7)8)12(9,10)11;;;1-5(2,3)4/h3-36H2,1-2H3;2H,1H2,(H,5,6)(H,7,8)(H,9,10,11);;;(H3,1,2,3,4)/q;;2*+1;/p-2. The number of ether oxygens (including phenoxy) is 1. The Labute approximate surface area is 386 Å². The molecule has 0 amide bonds. The molecule has 0 aliphatic carbocycles. The van der Waals surface area contributed by atoms with E-state index in [9.17, 15) is 28.2 Å². The molecule has 16 heteroatoms. The molecule has 4 N–H and O–H groups in total. The summed E-state index contributed by atoms with van der Waals surface area (Å²) in [6.45, 7) is 6.60. The largest absolute Gasteiger partial charge is 1.00 e. The third-order valence-corrected chi connectivity index (χ3v) is 10.3. The van der Waals surface area contributed by atoms with Gasteiger partial charge in [0.25, 0.3) is 10.1 Å². The Morgan fingerprint density at radius 1 is 0.500 bits per heavy atom. The van der Waals surface area contributed by atoms with Crippen LogP contribution in [0.2, 0.25) is 0 Å². The Kier molecular flexibility index (Phi) is 59.3. The number of unbranched alkanes of at least 4 members (excludes halogenated alkanes) is 30. The van der Waals surface area contributed by atoms with Gasteiger partial charge in [0.15, 0.2) is 0 Å². The zero-order valence-corrected chi connectivity index (χ0v) is 41.9. The molecule has 0 radical (unpaired) electrons. The Morgan fingerprint density at radius 3 is 0.839 bits per heavy atom. The van der Waals surface area contributed by atoms with E-state index < -0.39 is 41.6 Å². The van der Waals surface area contributed by atoms with E-state index in [4.69, 9.17) is 28.5 Å². The molecule has 0 rings (SSSR count). The molecule has 0 fully saturated rings. The summed E-state index contributed by atoms with van der Waals surface area (Å²) in [5, 5.41) is 17.3. The summed E-state index contributed by atoms with van der Waals surface area (Å²) in [5.74, 6) is -4.08. The molecule has 0 spiro atoms. The molecular weight excluding hydrogens is 781 g/mol. The first-order valence-electron chi connectivity index (χ1n) is 21.4. The van der Waals surface area contributed by atoms with Crippen LogP contribution in [0, 0.1) is 0 Å². The number of aliphatic carboxylic acids is 2. The van der Waals surface area contributed by atoms with E-state index in [1.165, 1.54) is 205 Å². The van der Waals surface area contributed by atoms with E-state index in [-0.39, 0.29) is 59.1 Å². The molecule has 0 bridgehead atoms. The first-order valence-corrected chi connectivity index (χ1v) is 24.5. The average Bonchev–Trinajstić information content (AvgIpc) is 3.08. The van der Waals surface area contributed by atoms with E-state index in [1.807, 2.05) is 0 Å². The Hall–Kier alpha value is 0.920. The van der Waals surface area contributed by atoms with Crippen LogP contribution < -0.4 is 69.3 Å². The molecule has 0 saturated heterocycles. The van der Waals surface area contributed by atoms with Crippen LogP contribution in [0.25, 0.3) is 0 Å². The molecule has 12 nitrogen and oxygen atoms in total. The minimum Gasteiger partial charge on any atom is -0.550 e. The fraction of sp³-hybridized carbons (Fsp3) is 0.950. The zero-order valence-electron chi connectivity index (χ0n) is 36.2. The third kappa shape index (κ3) is 66.7. The van der Waals surface area contributed by atoms with E-state index in [0.29, 0.717) is 0 Å². The summed E-state index contributed by atoms with van der Waals surface area (Å²) in [4.78, 5) is 41.3. The maximum Gasteiger partial charge on any atom is 1.00 e. The number of carbonyl (C=O) groups excluding carboxylic acids is 2. The van der Waals surface area contributed by atoms with E-state index in [2.05, 4.69) is 13.8 Å². The predicted molar refractivity (Wildman–Crippen MR) is 214 cm³/mol. The second kappa shape index (κ2) is 50.3. The molecule has 0 saturated carbocycles. The van der Waals surface area contributed by atoms with Crippen LogP contribution in [-0.4, -0.2) is 58.1 Å².